The fourth-order valence-electron chi connectivity index (χ4n) is 2.22. The molecule has 5 nitrogen and oxygen atoms in total. The number of fused-ring (bicyclic) bond motifs is 1. The molecule has 0 bridgehead atoms. The molecule has 3 rings (SSSR count). The molecule has 0 atom stereocenters. The summed E-state index contributed by atoms with van der Waals surface area (Å²) >= 11 is 9.26. The average Bonchev–Trinajstić information content (AvgIpc) is 2.85. The van der Waals surface area contributed by atoms with Gasteiger partial charge in [-0.1, -0.05) is 18.5 Å². The predicted molar refractivity (Wildman–Crippen MR) is 89.5 cm³/mol. The second kappa shape index (κ2) is 6.06. The van der Waals surface area contributed by atoms with Crippen LogP contribution in [0.2, 0.25) is 5.15 Å². The topological polar surface area (TPSA) is 59.3 Å². The van der Waals surface area contributed by atoms with Gasteiger partial charge in [0.2, 0.25) is 0 Å². The van der Waals surface area contributed by atoms with E-state index in [4.69, 9.17) is 11.6 Å². The second-order valence-electron chi connectivity index (χ2n) is 4.66. The van der Waals surface area contributed by atoms with Crippen LogP contribution in [0.25, 0.3) is 5.65 Å². The number of carbonyl (C=O) groups excluding carboxylic acids is 1. The van der Waals surface area contributed by atoms with Crippen molar-refractivity contribution in [2.75, 3.05) is 5.32 Å². The van der Waals surface area contributed by atoms with Crippen molar-refractivity contribution in [1.82, 2.24) is 14.4 Å². The summed E-state index contributed by atoms with van der Waals surface area (Å²) in [5.74, 6) is -0.232. The van der Waals surface area contributed by atoms with E-state index in [2.05, 4.69) is 31.2 Å². The van der Waals surface area contributed by atoms with Gasteiger partial charge < -0.3 is 5.32 Å². The molecule has 1 amide bonds. The van der Waals surface area contributed by atoms with Crippen LogP contribution in [0.1, 0.15) is 23.1 Å². The Balaban J connectivity index is 2.04. The number of anilines is 1. The molecule has 0 spiro atoms. The lowest BCUT2D eigenvalue weighted by atomic mass is 10.2. The summed E-state index contributed by atoms with van der Waals surface area (Å²) in [6, 6.07) is 7.05. The van der Waals surface area contributed by atoms with Gasteiger partial charge in [-0.25, -0.2) is 9.97 Å². The van der Waals surface area contributed by atoms with Crippen LogP contribution in [0.4, 0.5) is 5.69 Å². The number of carbonyl (C=O) groups is 1. The predicted octanol–water partition coefficient (Wildman–Crippen LogP) is 3.96. The molecule has 0 aliphatic carbocycles. The lowest BCUT2D eigenvalue weighted by molar-refractivity contribution is 0.102. The average molecular weight is 380 g/mol. The Hall–Kier alpha value is -1.92. The zero-order valence-corrected chi connectivity index (χ0v) is 14.0. The van der Waals surface area contributed by atoms with Gasteiger partial charge in [-0.2, -0.15) is 0 Å². The first-order chi connectivity index (χ1) is 10.6. The maximum atomic E-state index is 12.6. The Labute approximate surface area is 140 Å². The van der Waals surface area contributed by atoms with Crippen molar-refractivity contribution in [1.29, 1.82) is 0 Å². The molecule has 0 aliphatic heterocycles. The van der Waals surface area contributed by atoms with Crippen LogP contribution < -0.4 is 5.32 Å². The van der Waals surface area contributed by atoms with Crippen LogP contribution >= 0.6 is 27.5 Å². The smallest absolute Gasteiger partial charge is 0.274 e. The van der Waals surface area contributed by atoms with Crippen molar-refractivity contribution in [2.45, 2.75) is 13.3 Å². The highest BCUT2D eigenvalue weighted by molar-refractivity contribution is 9.10. The Kier molecular flexibility index (Phi) is 4.13. The minimum absolute atomic E-state index is 0.232. The normalized spacial score (nSPS) is 10.9. The van der Waals surface area contributed by atoms with Gasteiger partial charge in [0, 0.05) is 22.6 Å². The van der Waals surface area contributed by atoms with Crippen molar-refractivity contribution >= 4 is 44.8 Å². The molecule has 112 valence electrons. The van der Waals surface area contributed by atoms with Crippen molar-refractivity contribution in [3.63, 3.8) is 0 Å². The third kappa shape index (κ3) is 2.84. The van der Waals surface area contributed by atoms with Gasteiger partial charge in [0.05, 0.1) is 5.69 Å². The van der Waals surface area contributed by atoms with E-state index >= 15 is 0 Å². The minimum Gasteiger partial charge on any atom is -0.320 e. The number of rotatable bonds is 3. The van der Waals surface area contributed by atoms with Crippen LogP contribution in [-0.2, 0) is 6.42 Å². The number of pyridine rings is 2. The minimum atomic E-state index is -0.232. The number of hydrogen-bond acceptors (Lipinski definition) is 3. The van der Waals surface area contributed by atoms with E-state index in [1.54, 1.807) is 22.7 Å². The maximum Gasteiger partial charge on any atom is 0.274 e. The van der Waals surface area contributed by atoms with Crippen LogP contribution in [0.5, 0.6) is 0 Å². The molecular formula is C15H12BrClN4O. The molecule has 0 aromatic carbocycles. The van der Waals surface area contributed by atoms with Gasteiger partial charge in [0.1, 0.15) is 16.5 Å². The molecule has 3 aromatic heterocycles. The number of aryl methyl sites for hydroxylation is 1. The van der Waals surface area contributed by atoms with E-state index in [1.165, 1.54) is 0 Å². The summed E-state index contributed by atoms with van der Waals surface area (Å²) in [6.07, 6.45) is 4.04. The van der Waals surface area contributed by atoms with E-state index in [-0.39, 0.29) is 5.91 Å². The van der Waals surface area contributed by atoms with E-state index in [0.717, 1.165) is 15.8 Å². The van der Waals surface area contributed by atoms with Crippen LogP contribution in [0.15, 0.2) is 41.1 Å². The second-order valence-corrected chi connectivity index (χ2v) is 5.96. The molecule has 3 aromatic rings. The summed E-state index contributed by atoms with van der Waals surface area (Å²) in [6.45, 7) is 1.97. The van der Waals surface area contributed by atoms with Crippen LogP contribution in [0, 0.1) is 0 Å². The molecule has 22 heavy (non-hydrogen) atoms. The number of halogens is 2. The van der Waals surface area contributed by atoms with Crippen molar-refractivity contribution in [2.24, 2.45) is 0 Å². The van der Waals surface area contributed by atoms with E-state index in [0.29, 0.717) is 23.0 Å². The summed E-state index contributed by atoms with van der Waals surface area (Å²) in [5.41, 5.74) is 2.59. The molecule has 0 fully saturated rings. The van der Waals surface area contributed by atoms with Gasteiger partial charge in [0.25, 0.3) is 5.91 Å². The highest BCUT2D eigenvalue weighted by atomic mass is 79.9. The standard InChI is InChI=1S/C15H12BrClN4O/c1-2-11-14(21-8-9(16)3-4-13(21)20-11)15(22)19-10-5-6-18-12(17)7-10/h3-8H,2H2,1H3,(H,18,19,22). The van der Waals surface area contributed by atoms with Gasteiger partial charge in [-0.3, -0.25) is 9.20 Å². The summed E-state index contributed by atoms with van der Waals surface area (Å²) < 4.78 is 2.65. The number of nitrogens with zero attached hydrogens (tertiary/aromatic N) is 3. The van der Waals surface area contributed by atoms with E-state index in [9.17, 15) is 4.79 Å². The van der Waals surface area contributed by atoms with E-state index < -0.39 is 0 Å². The SMILES string of the molecule is CCc1nc2ccc(Br)cn2c1C(=O)Nc1ccnc(Cl)c1. The lowest BCUT2D eigenvalue weighted by Gasteiger charge is -2.07. The number of aromatic nitrogens is 3. The van der Waals surface area contributed by atoms with Gasteiger partial charge in [-0.05, 0) is 46.6 Å². The molecule has 0 unspecified atom stereocenters. The summed E-state index contributed by atoms with van der Waals surface area (Å²) in [5, 5.41) is 3.16. The molecule has 7 heteroatoms. The molecule has 0 radical (unpaired) electrons. The van der Waals surface area contributed by atoms with Gasteiger partial charge in [-0.15, -0.1) is 0 Å². The largest absolute Gasteiger partial charge is 0.320 e. The van der Waals surface area contributed by atoms with Gasteiger partial charge in [0.15, 0.2) is 0 Å². The number of nitrogens with one attached hydrogen (secondary N) is 1. The van der Waals surface area contributed by atoms with E-state index in [1.807, 2.05) is 25.3 Å². The maximum absolute atomic E-state index is 12.6. The molecule has 3 heterocycles. The highest BCUT2D eigenvalue weighted by Crippen LogP contribution is 2.20. The number of amides is 1. The van der Waals surface area contributed by atoms with Gasteiger partial charge >= 0.3 is 0 Å². The first-order valence-corrected chi connectivity index (χ1v) is 7.85. The quantitative estimate of drug-likeness (QED) is 0.701. The van der Waals surface area contributed by atoms with Crippen molar-refractivity contribution in [3.8, 4) is 0 Å². The molecule has 0 saturated heterocycles. The van der Waals surface area contributed by atoms with Crippen molar-refractivity contribution in [3.05, 3.63) is 57.7 Å². The fraction of sp³-hybridized carbons (Fsp3) is 0.133. The molecule has 0 aliphatic rings. The number of hydrogen-bond donors (Lipinski definition) is 1. The van der Waals surface area contributed by atoms with Crippen LogP contribution in [0.3, 0.4) is 0 Å². The van der Waals surface area contributed by atoms with Crippen molar-refractivity contribution < 1.29 is 4.79 Å². The summed E-state index contributed by atoms with van der Waals surface area (Å²) in [4.78, 5) is 21.0. The third-order valence-corrected chi connectivity index (χ3v) is 3.86. The fourth-order valence-corrected chi connectivity index (χ4v) is 2.74. The Bertz CT molecular complexity index is 862. The Morgan fingerprint density at radius 1 is 1.41 bits per heavy atom. The number of imidazole rings is 1. The first-order valence-electron chi connectivity index (χ1n) is 6.68. The first kappa shape index (κ1) is 15.0. The monoisotopic (exact) mass is 378 g/mol. The van der Waals surface area contributed by atoms with Crippen LogP contribution in [-0.4, -0.2) is 20.3 Å². The lowest BCUT2D eigenvalue weighted by Crippen LogP contribution is -2.16. The molecular weight excluding hydrogens is 368 g/mol. The molecule has 1 N–H and O–H groups in total. The Morgan fingerprint density at radius 3 is 2.95 bits per heavy atom. The highest BCUT2D eigenvalue weighted by Gasteiger charge is 2.18. The zero-order valence-electron chi connectivity index (χ0n) is 11.7. The summed E-state index contributed by atoms with van der Waals surface area (Å²) in [7, 11) is 0. The molecule has 0 saturated carbocycles. The third-order valence-electron chi connectivity index (χ3n) is 3.19. The zero-order chi connectivity index (χ0) is 15.7. The Morgan fingerprint density at radius 2 is 2.23 bits per heavy atom.